The molecule has 0 aliphatic carbocycles. The van der Waals surface area contributed by atoms with Crippen molar-refractivity contribution in [2.75, 3.05) is 14.2 Å². The lowest BCUT2D eigenvalue weighted by molar-refractivity contribution is -0.144. The summed E-state index contributed by atoms with van der Waals surface area (Å²) >= 11 is 1.39. The van der Waals surface area contributed by atoms with Gasteiger partial charge in [-0.3, -0.25) is 0 Å². The summed E-state index contributed by atoms with van der Waals surface area (Å²) in [4.78, 5) is 42.4. The van der Waals surface area contributed by atoms with Gasteiger partial charge in [0.05, 0.1) is 25.4 Å². The van der Waals surface area contributed by atoms with Crippen LogP contribution in [0.15, 0.2) is 5.38 Å². The Labute approximate surface area is 182 Å². The Balaban J connectivity index is 2.69. The van der Waals surface area contributed by atoms with Gasteiger partial charge < -0.3 is 25.0 Å². The summed E-state index contributed by atoms with van der Waals surface area (Å²) in [7, 11) is 2.93. The maximum Gasteiger partial charge on any atom is 0.408 e. The third-order valence-electron chi connectivity index (χ3n) is 4.37. The van der Waals surface area contributed by atoms with Crippen LogP contribution in [0.25, 0.3) is 0 Å². The molecule has 0 spiro atoms. The lowest BCUT2D eigenvalue weighted by Gasteiger charge is -2.25. The van der Waals surface area contributed by atoms with Crippen molar-refractivity contribution in [3.05, 3.63) is 16.1 Å². The first kappa shape index (κ1) is 25.7. The van der Waals surface area contributed by atoms with Crippen LogP contribution in [-0.2, 0) is 20.8 Å². The molecule has 0 aliphatic heterocycles. The molecule has 0 unspecified atom stereocenters. The second-order valence-electron chi connectivity index (χ2n) is 8.24. The van der Waals surface area contributed by atoms with Gasteiger partial charge in [-0.2, -0.15) is 0 Å². The van der Waals surface area contributed by atoms with E-state index in [2.05, 4.69) is 15.6 Å². The van der Waals surface area contributed by atoms with Gasteiger partial charge in [0, 0.05) is 12.4 Å². The summed E-state index contributed by atoms with van der Waals surface area (Å²) in [6, 6.07) is -1.42. The molecule has 2 N–H and O–H groups in total. The number of aromatic nitrogens is 1. The second-order valence-corrected chi connectivity index (χ2v) is 9.13. The molecule has 0 radical (unpaired) electrons. The lowest BCUT2D eigenvalue weighted by Crippen LogP contribution is -2.49. The van der Waals surface area contributed by atoms with Crippen LogP contribution in [-0.4, -0.2) is 53.8 Å². The Kier molecular flexibility index (Phi) is 9.54. The van der Waals surface area contributed by atoms with Gasteiger partial charge in [-0.15, -0.1) is 11.3 Å². The molecule has 3 atom stereocenters. The van der Waals surface area contributed by atoms with E-state index < -0.39 is 23.7 Å². The summed E-state index contributed by atoms with van der Waals surface area (Å²) in [5.74, 6) is -0.524. The summed E-state index contributed by atoms with van der Waals surface area (Å²) in [6.07, 6.45) is 0.212. The van der Waals surface area contributed by atoms with E-state index in [1.54, 1.807) is 27.8 Å². The molecule has 0 fully saturated rings. The molecular weight excluding hydrogens is 408 g/mol. The van der Waals surface area contributed by atoms with E-state index in [-0.39, 0.29) is 24.5 Å². The zero-order valence-corrected chi connectivity index (χ0v) is 19.9. The third kappa shape index (κ3) is 8.17. The smallest absolute Gasteiger partial charge is 0.408 e. The molecule has 0 saturated carbocycles. The molecule has 0 aromatic carbocycles. The first-order chi connectivity index (χ1) is 13.9. The van der Waals surface area contributed by atoms with E-state index in [0.717, 1.165) is 6.42 Å². The maximum absolute atomic E-state index is 12.5. The van der Waals surface area contributed by atoms with Gasteiger partial charge in [0.2, 0.25) is 0 Å². The molecule has 170 valence electrons. The molecule has 0 saturated heterocycles. The van der Waals surface area contributed by atoms with Gasteiger partial charge in [-0.1, -0.05) is 20.3 Å². The largest absolute Gasteiger partial charge is 0.467 e. The van der Waals surface area contributed by atoms with Crippen LogP contribution in [0.1, 0.15) is 64.7 Å². The predicted molar refractivity (Wildman–Crippen MR) is 115 cm³/mol. The minimum atomic E-state index is -0.709. The zero-order valence-electron chi connectivity index (χ0n) is 19.1. The van der Waals surface area contributed by atoms with Crippen molar-refractivity contribution in [3.63, 3.8) is 0 Å². The van der Waals surface area contributed by atoms with Gasteiger partial charge in [0.15, 0.2) is 0 Å². The number of methoxy groups -OCH3 is 1. The lowest BCUT2D eigenvalue weighted by atomic mass is 9.99. The number of nitrogens with one attached hydrogen (secondary N) is 2. The predicted octanol–water partition coefficient (Wildman–Crippen LogP) is 3.46. The molecule has 1 heterocycles. The molecule has 0 bridgehead atoms. The highest BCUT2D eigenvalue weighted by atomic mass is 32.1. The van der Waals surface area contributed by atoms with Crippen molar-refractivity contribution in [2.24, 2.45) is 5.92 Å². The molecule has 1 aromatic rings. The Morgan fingerprint density at radius 3 is 2.40 bits per heavy atom. The van der Waals surface area contributed by atoms with Crippen molar-refractivity contribution in [1.82, 2.24) is 20.5 Å². The van der Waals surface area contributed by atoms with E-state index in [4.69, 9.17) is 9.47 Å². The van der Waals surface area contributed by atoms with Crippen molar-refractivity contribution in [2.45, 2.75) is 72.2 Å². The van der Waals surface area contributed by atoms with Gasteiger partial charge in [-0.25, -0.2) is 19.4 Å². The normalized spacial score (nSPS) is 14.3. The number of urea groups is 1. The van der Waals surface area contributed by atoms with Crippen LogP contribution in [0.2, 0.25) is 0 Å². The molecule has 0 aliphatic rings. The Morgan fingerprint density at radius 1 is 1.23 bits per heavy atom. The van der Waals surface area contributed by atoms with Gasteiger partial charge >= 0.3 is 18.1 Å². The number of rotatable bonds is 8. The Morgan fingerprint density at radius 2 is 1.87 bits per heavy atom. The topological polar surface area (TPSA) is 110 Å². The van der Waals surface area contributed by atoms with Crippen LogP contribution >= 0.6 is 11.3 Å². The molecule has 3 amide bonds. The van der Waals surface area contributed by atoms with Crippen molar-refractivity contribution in [1.29, 1.82) is 0 Å². The average Bonchev–Trinajstić information content (AvgIpc) is 3.11. The number of nitrogens with zero attached hydrogens (tertiary/aromatic N) is 2. The number of carbonyl (C=O) groups excluding carboxylic acids is 3. The van der Waals surface area contributed by atoms with Gasteiger partial charge in [0.1, 0.15) is 16.7 Å². The number of alkyl carbamates (subject to hydrolysis) is 1. The van der Waals surface area contributed by atoms with E-state index in [0.29, 0.717) is 10.7 Å². The van der Waals surface area contributed by atoms with Crippen LogP contribution in [0.3, 0.4) is 0 Å². The third-order valence-corrected chi connectivity index (χ3v) is 5.44. The van der Waals surface area contributed by atoms with E-state index in [9.17, 15) is 14.4 Å². The highest BCUT2D eigenvalue weighted by Gasteiger charge is 2.28. The summed E-state index contributed by atoms with van der Waals surface area (Å²) in [5.41, 5.74) is 0.106. The second kappa shape index (κ2) is 11.1. The minimum Gasteiger partial charge on any atom is -0.467 e. The number of thiazole rings is 1. The number of hydrogen-bond donors (Lipinski definition) is 2. The monoisotopic (exact) mass is 442 g/mol. The Hall–Kier alpha value is -2.36. The summed E-state index contributed by atoms with van der Waals surface area (Å²) in [6.45, 7) is 11.3. The molecule has 30 heavy (non-hydrogen) atoms. The van der Waals surface area contributed by atoms with Crippen LogP contribution < -0.4 is 10.6 Å². The summed E-state index contributed by atoms with van der Waals surface area (Å²) < 4.78 is 10.1. The quantitative estimate of drug-likeness (QED) is 0.597. The first-order valence-corrected chi connectivity index (χ1v) is 10.8. The standard InChI is InChI=1S/C20H34N4O5S/c1-9-12(2)15(17(25)28-8)23-18(26)24(7)10-14-11-30-16(22-14)13(3)21-19(27)29-20(4,5)6/h11-13,15H,9-10H2,1-8H3,(H,21,27)(H,23,26)/t12-,13-,15-/m0/s1. The first-order valence-electron chi connectivity index (χ1n) is 9.91. The van der Waals surface area contributed by atoms with Gasteiger partial charge in [0.25, 0.3) is 0 Å². The summed E-state index contributed by atoms with van der Waals surface area (Å²) in [5, 5.41) is 8.02. The van der Waals surface area contributed by atoms with E-state index in [1.807, 2.05) is 26.2 Å². The maximum atomic E-state index is 12.5. The van der Waals surface area contributed by atoms with Crippen molar-refractivity contribution < 1.29 is 23.9 Å². The molecule has 1 rings (SSSR count). The van der Waals surface area contributed by atoms with Crippen molar-refractivity contribution in [3.8, 4) is 0 Å². The minimum absolute atomic E-state index is 0.0551. The number of esters is 1. The Bertz CT molecular complexity index is 731. The van der Waals surface area contributed by atoms with Crippen molar-refractivity contribution >= 4 is 29.4 Å². The van der Waals surface area contributed by atoms with Crippen LogP contribution in [0, 0.1) is 5.92 Å². The molecule has 9 nitrogen and oxygen atoms in total. The van der Waals surface area contributed by atoms with Gasteiger partial charge in [-0.05, 0) is 33.6 Å². The number of carbonyl (C=O) groups is 3. The number of ether oxygens (including phenoxy) is 2. The molecule has 1 aromatic heterocycles. The van der Waals surface area contributed by atoms with E-state index >= 15 is 0 Å². The highest BCUT2D eigenvalue weighted by Crippen LogP contribution is 2.20. The highest BCUT2D eigenvalue weighted by molar-refractivity contribution is 7.09. The fourth-order valence-corrected chi connectivity index (χ4v) is 3.31. The number of hydrogen-bond acceptors (Lipinski definition) is 7. The number of amides is 3. The molecular formula is C20H34N4O5S. The van der Waals surface area contributed by atoms with Crippen LogP contribution in [0.5, 0.6) is 0 Å². The fraction of sp³-hybridized carbons (Fsp3) is 0.700. The van der Waals surface area contributed by atoms with E-state index in [1.165, 1.54) is 23.3 Å². The average molecular weight is 443 g/mol. The molecule has 10 heteroatoms. The van der Waals surface area contributed by atoms with Crippen LogP contribution in [0.4, 0.5) is 9.59 Å². The fourth-order valence-electron chi connectivity index (χ4n) is 2.49. The SMILES string of the molecule is CC[C@H](C)[C@H](NC(=O)N(C)Cc1csc([C@H](C)NC(=O)OC(C)(C)C)n1)C(=O)OC. The zero-order chi connectivity index (χ0) is 23.1.